The molecule has 4 nitrogen and oxygen atoms in total. The number of hydrogen-bond acceptors (Lipinski definition) is 2. The molecular formula is C10H14F3NO3. The number of aliphatic carboxylic acids is 1. The molecule has 0 radical (unpaired) electrons. The molecule has 1 aliphatic rings. The first kappa shape index (κ1) is 13.8. The van der Waals surface area contributed by atoms with E-state index in [1.165, 1.54) is 0 Å². The van der Waals surface area contributed by atoms with Crippen LogP contribution in [0.25, 0.3) is 0 Å². The van der Waals surface area contributed by atoms with Crippen molar-refractivity contribution in [2.45, 2.75) is 25.4 Å². The first-order chi connectivity index (χ1) is 7.70. The maximum atomic E-state index is 12.1. The van der Waals surface area contributed by atoms with Gasteiger partial charge in [-0.3, -0.25) is 9.59 Å². The van der Waals surface area contributed by atoms with Gasteiger partial charge in [0.25, 0.3) is 0 Å². The van der Waals surface area contributed by atoms with Gasteiger partial charge in [0.2, 0.25) is 5.91 Å². The highest BCUT2D eigenvalue weighted by atomic mass is 19.4. The zero-order chi connectivity index (χ0) is 13.2. The molecule has 1 rings (SSSR count). The maximum Gasteiger partial charge on any atom is 0.406 e. The van der Waals surface area contributed by atoms with E-state index in [0.29, 0.717) is 17.7 Å². The Morgan fingerprint density at radius 1 is 1.29 bits per heavy atom. The van der Waals surface area contributed by atoms with Gasteiger partial charge in [0.15, 0.2) is 0 Å². The molecule has 98 valence electrons. The van der Waals surface area contributed by atoms with E-state index < -0.39 is 36.4 Å². The Hall–Kier alpha value is -1.27. The molecule has 0 spiro atoms. The lowest BCUT2D eigenvalue weighted by molar-refractivity contribution is -0.161. The van der Waals surface area contributed by atoms with Gasteiger partial charge in [0.1, 0.15) is 6.54 Å². The third-order valence-electron chi connectivity index (χ3n) is 2.92. The number of amides is 1. The third kappa shape index (κ3) is 3.90. The van der Waals surface area contributed by atoms with Crippen molar-refractivity contribution in [3.8, 4) is 0 Å². The summed E-state index contributed by atoms with van der Waals surface area (Å²) in [7, 11) is 1.09. The highest BCUT2D eigenvalue weighted by molar-refractivity contribution is 5.80. The fourth-order valence-corrected chi connectivity index (χ4v) is 2.09. The maximum absolute atomic E-state index is 12.1. The van der Waals surface area contributed by atoms with Crippen molar-refractivity contribution >= 4 is 11.9 Å². The third-order valence-corrected chi connectivity index (χ3v) is 2.92. The zero-order valence-corrected chi connectivity index (χ0v) is 9.33. The van der Waals surface area contributed by atoms with E-state index in [-0.39, 0.29) is 6.42 Å². The standard InChI is InChI=1S/C10H14F3NO3/c1-14(5-10(11,12)13)8(15)6-2-3-7(4-6)9(16)17/h6-7H,2-5H2,1H3,(H,16,17)/t6-,7+/m1/s1. The molecule has 0 aromatic carbocycles. The Morgan fingerprint density at radius 2 is 1.82 bits per heavy atom. The Kier molecular flexibility index (Phi) is 4.00. The molecule has 1 saturated carbocycles. The number of rotatable bonds is 3. The van der Waals surface area contributed by atoms with Crippen LogP contribution in [-0.4, -0.2) is 41.7 Å². The molecule has 0 bridgehead atoms. The predicted molar refractivity (Wildman–Crippen MR) is 52.2 cm³/mol. The van der Waals surface area contributed by atoms with Crippen molar-refractivity contribution in [1.29, 1.82) is 0 Å². The summed E-state index contributed by atoms with van der Waals surface area (Å²) in [5.74, 6) is -2.81. The van der Waals surface area contributed by atoms with E-state index in [1.807, 2.05) is 0 Å². The van der Waals surface area contributed by atoms with Crippen molar-refractivity contribution in [3.63, 3.8) is 0 Å². The number of carboxylic acid groups (broad SMARTS) is 1. The number of nitrogens with zero attached hydrogens (tertiary/aromatic N) is 1. The van der Waals surface area contributed by atoms with Gasteiger partial charge in [0, 0.05) is 13.0 Å². The number of halogens is 3. The SMILES string of the molecule is CN(CC(F)(F)F)C(=O)[C@@H]1CC[C@H](C(=O)O)C1. The van der Waals surface area contributed by atoms with Gasteiger partial charge in [-0.25, -0.2) is 0 Å². The van der Waals surface area contributed by atoms with Crippen LogP contribution in [0.3, 0.4) is 0 Å². The zero-order valence-electron chi connectivity index (χ0n) is 9.33. The summed E-state index contributed by atoms with van der Waals surface area (Å²) >= 11 is 0. The van der Waals surface area contributed by atoms with Gasteiger partial charge in [-0.05, 0) is 19.3 Å². The number of carbonyl (C=O) groups is 2. The smallest absolute Gasteiger partial charge is 0.406 e. The minimum Gasteiger partial charge on any atom is -0.481 e. The van der Waals surface area contributed by atoms with Crippen LogP contribution < -0.4 is 0 Å². The number of hydrogen-bond donors (Lipinski definition) is 1. The summed E-state index contributed by atoms with van der Waals surface area (Å²) in [5, 5.41) is 8.73. The fourth-order valence-electron chi connectivity index (χ4n) is 2.09. The van der Waals surface area contributed by atoms with Crippen molar-refractivity contribution in [1.82, 2.24) is 4.90 Å². The van der Waals surface area contributed by atoms with Crippen LogP contribution in [0.4, 0.5) is 13.2 Å². The second-order valence-electron chi connectivity index (χ2n) is 4.35. The molecule has 0 saturated heterocycles. The lowest BCUT2D eigenvalue weighted by atomic mass is 10.0. The van der Waals surface area contributed by atoms with Gasteiger partial charge in [-0.2, -0.15) is 13.2 Å². The lowest BCUT2D eigenvalue weighted by Crippen LogP contribution is -2.39. The van der Waals surface area contributed by atoms with Gasteiger partial charge in [-0.15, -0.1) is 0 Å². The summed E-state index contributed by atoms with van der Waals surface area (Å²) < 4.78 is 36.2. The average Bonchev–Trinajstić information content (AvgIpc) is 2.62. The molecule has 7 heteroatoms. The van der Waals surface area contributed by atoms with E-state index >= 15 is 0 Å². The number of carboxylic acids is 1. The molecule has 0 aromatic heterocycles. The number of alkyl halides is 3. The van der Waals surface area contributed by atoms with Crippen LogP contribution in [0.2, 0.25) is 0 Å². The molecule has 1 aliphatic carbocycles. The second-order valence-corrected chi connectivity index (χ2v) is 4.35. The minimum atomic E-state index is -4.42. The normalized spacial score (nSPS) is 24.7. The van der Waals surface area contributed by atoms with E-state index in [4.69, 9.17) is 5.11 Å². The van der Waals surface area contributed by atoms with Gasteiger partial charge in [-0.1, -0.05) is 0 Å². The topological polar surface area (TPSA) is 57.6 Å². The summed E-state index contributed by atoms with van der Waals surface area (Å²) in [6.45, 7) is -1.29. The van der Waals surface area contributed by atoms with Gasteiger partial charge < -0.3 is 10.0 Å². The average molecular weight is 253 g/mol. The molecule has 2 atom stereocenters. The van der Waals surface area contributed by atoms with Crippen LogP contribution in [0.5, 0.6) is 0 Å². The van der Waals surface area contributed by atoms with Crippen LogP contribution in [0.15, 0.2) is 0 Å². The van der Waals surface area contributed by atoms with Crippen molar-refractivity contribution in [2.24, 2.45) is 11.8 Å². The first-order valence-electron chi connectivity index (χ1n) is 5.25. The second kappa shape index (κ2) is 4.93. The van der Waals surface area contributed by atoms with Crippen LogP contribution in [0, 0.1) is 11.8 Å². The Labute approximate surface area is 96.4 Å². The Morgan fingerprint density at radius 3 is 2.24 bits per heavy atom. The van der Waals surface area contributed by atoms with Gasteiger partial charge >= 0.3 is 12.1 Å². The molecule has 17 heavy (non-hydrogen) atoms. The Balaban J connectivity index is 2.52. The van der Waals surface area contributed by atoms with E-state index in [0.717, 1.165) is 7.05 Å². The Bertz CT molecular complexity index is 316. The van der Waals surface area contributed by atoms with Crippen molar-refractivity contribution in [2.75, 3.05) is 13.6 Å². The summed E-state index contributed by atoms with van der Waals surface area (Å²) in [6.07, 6.45) is -3.59. The predicted octanol–water partition coefficient (Wildman–Crippen LogP) is 1.51. The van der Waals surface area contributed by atoms with E-state index in [2.05, 4.69) is 0 Å². The molecule has 1 fully saturated rings. The summed E-state index contributed by atoms with van der Waals surface area (Å²) in [5.41, 5.74) is 0. The van der Waals surface area contributed by atoms with Crippen molar-refractivity contribution in [3.05, 3.63) is 0 Å². The minimum absolute atomic E-state index is 0.135. The summed E-state index contributed by atoms with van der Waals surface area (Å²) in [4.78, 5) is 22.9. The summed E-state index contributed by atoms with van der Waals surface area (Å²) in [6, 6.07) is 0. The molecule has 1 N–H and O–H groups in total. The van der Waals surface area contributed by atoms with Crippen LogP contribution >= 0.6 is 0 Å². The van der Waals surface area contributed by atoms with E-state index in [1.54, 1.807) is 0 Å². The molecular weight excluding hydrogens is 239 g/mol. The largest absolute Gasteiger partial charge is 0.481 e. The number of carbonyl (C=O) groups excluding carboxylic acids is 1. The molecule has 0 heterocycles. The van der Waals surface area contributed by atoms with Crippen molar-refractivity contribution < 1.29 is 27.9 Å². The molecule has 1 amide bonds. The lowest BCUT2D eigenvalue weighted by Gasteiger charge is -2.22. The van der Waals surface area contributed by atoms with E-state index in [9.17, 15) is 22.8 Å². The highest BCUT2D eigenvalue weighted by Crippen LogP contribution is 2.32. The van der Waals surface area contributed by atoms with Crippen LogP contribution in [-0.2, 0) is 9.59 Å². The molecule has 0 unspecified atom stereocenters. The molecule has 0 aliphatic heterocycles. The molecule has 0 aromatic rings. The van der Waals surface area contributed by atoms with Gasteiger partial charge in [0.05, 0.1) is 5.92 Å². The highest BCUT2D eigenvalue weighted by Gasteiger charge is 2.38. The quantitative estimate of drug-likeness (QED) is 0.829. The fraction of sp³-hybridized carbons (Fsp3) is 0.800. The first-order valence-corrected chi connectivity index (χ1v) is 5.25. The monoisotopic (exact) mass is 253 g/mol. The van der Waals surface area contributed by atoms with Crippen LogP contribution in [0.1, 0.15) is 19.3 Å².